The summed E-state index contributed by atoms with van der Waals surface area (Å²) in [7, 11) is 3.24. The lowest BCUT2D eigenvalue weighted by atomic mass is 10.1. The molecule has 0 radical (unpaired) electrons. The highest BCUT2D eigenvalue weighted by atomic mass is 16.5. The molecule has 0 saturated heterocycles. The molecule has 0 aliphatic rings. The molecule has 0 spiro atoms. The SMILES string of the molecule is COc1ccc(-n2ccc(CNC(=O)C=Cc3cc(C)ccc3OC)n2)cc1. The highest BCUT2D eigenvalue weighted by molar-refractivity contribution is 5.92. The van der Waals surface area contributed by atoms with E-state index < -0.39 is 0 Å². The zero-order valence-electron chi connectivity index (χ0n) is 16.2. The van der Waals surface area contributed by atoms with Gasteiger partial charge in [-0.1, -0.05) is 11.6 Å². The highest BCUT2D eigenvalue weighted by Gasteiger charge is 2.04. The van der Waals surface area contributed by atoms with E-state index in [0.717, 1.165) is 34.0 Å². The number of carbonyl (C=O) groups is 1. The minimum atomic E-state index is -0.192. The molecule has 0 unspecified atom stereocenters. The number of carbonyl (C=O) groups excluding carboxylic acids is 1. The first kappa shape index (κ1) is 19.2. The third kappa shape index (κ3) is 4.79. The van der Waals surface area contributed by atoms with Gasteiger partial charge in [-0.25, -0.2) is 4.68 Å². The van der Waals surface area contributed by atoms with Gasteiger partial charge in [0.05, 0.1) is 32.1 Å². The molecule has 144 valence electrons. The van der Waals surface area contributed by atoms with Crippen LogP contribution in [0, 0.1) is 6.92 Å². The van der Waals surface area contributed by atoms with Crippen molar-refractivity contribution in [2.24, 2.45) is 0 Å². The summed E-state index contributed by atoms with van der Waals surface area (Å²) in [4.78, 5) is 12.1. The molecule has 1 aromatic heterocycles. The van der Waals surface area contributed by atoms with E-state index in [4.69, 9.17) is 9.47 Å². The first-order chi connectivity index (χ1) is 13.6. The Morgan fingerprint density at radius 3 is 2.61 bits per heavy atom. The van der Waals surface area contributed by atoms with Crippen LogP contribution in [0.2, 0.25) is 0 Å². The molecule has 0 saturated carbocycles. The Kier molecular flexibility index (Phi) is 6.11. The fourth-order valence-corrected chi connectivity index (χ4v) is 2.72. The van der Waals surface area contributed by atoms with Crippen molar-refractivity contribution < 1.29 is 14.3 Å². The van der Waals surface area contributed by atoms with E-state index in [2.05, 4.69) is 10.4 Å². The van der Waals surface area contributed by atoms with E-state index in [1.165, 1.54) is 6.08 Å². The highest BCUT2D eigenvalue weighted by Crippen LogP contribution is 2.21. The monoisotopic (exact) mass is 377 g/mol. The molecule has 1 amide bonds. The Morgan fingerprint density at radius 1 is 1.11 bits per heavy atom. The van der Waals surface area contributed by atoms with E-state index in [1.54, 1.807) is 25.0 Å². The maximum atomic E-state index is 12.1. The zero-order chi connectivity index (χ0) is 19.9. The Labute approximate surface area is 164 Å². The second-order valence-electron chi connectivity index (χ2n) is 6.25. The second kappa shape index (κ2) is 8.90. The Morgan fingerprint density at radius 2 is 1.89 bits per heavy atom. The number of rotatable bonds is 7. The molecular weight excluding hydrogens is 354 g/mol. The van der Waals surface area contributed by atoms with Gasteiger partial charge in [0.25, 0.3) is 0 Å². The van der Waals surface area contributed by atoms with Gasteiger partial charge in [0.2, 0.25) is 5.91 Å². The van der Waals surface area contributed by atoms with Crippen molar-refractivity contribution >= 4 is 12.0 Å². The van der Waals surface area contributed by atoms with Gasteiger partial charge >= 0.3 is 0 Å². The topological polar surface area (TPSA) is 65.4 Å². The van der Waals surface area contributed by atoms with Gasteiger partial charge in [-0.05, 0) is 55.5 Å². The predicted octanol–water partition coefficient (Wildman–Crippen LogP) is 3.53. The zero-order valence-corrected chi connectivity index (χ0v) is 16.2. The summed E-state index contributed by atoms with van der Waals surface area (Å²) < 4.78 is 12.2. The molecule has 1 heterocycles. The molecule has 6 nitrogen and oxygen atoms in total. The first-order valence-electron chi connectivity index (χ1n) is 8.88. The summed E-state index contributed by atoms with van der Waals surface area (Å²) in [6, 6.07) is 15.3. The van der Waals surface area contributed by atoms with Crippen molar-refractivity contribution in [3.8, 4) is 17.2 Å². The number of hydrogen-bond donors (Lipinski definition) is 1. The number of aromatic nitrogens is 2. The standard InChI is InChI=1S/C22H23N3O3/c1-16-4-10-21(28-3)17(14-16)5-11-22(26)23-15-18-12-13-25(24-18)19-6-8-20(27-2)9-7-19/h4-14H,15H2,1-3H3,(H,23,26). The maximum Gasteiger partial charge on any atom is 0.244 e. The van der Waals surface area contributed by atoms with Crippen LogP contribution < -0.4 is 14.8 Å². The van der Waals surface area contributed by atoms with E-state index in [9.17, 15) is 4.79 Å². The smallest absolute Gasteiger partial charge is 0.244 e. The minimum Gasteiger partial charge on any atom is -0.497 e. The van der Waals surface area contributed by atoms with E-state index >= 15 is 0 Å². The van der Waals surface area contributed by atoms with Crippen LogP contribution in [-0.4, -0.2) is 29.9 Å². The number of benzene rings is 2. The Balaban J connectivity index is 1.59. The third-order valence-corrected chi connectivity index (χ3v) is 4.22. The average Bonchev–Trinajstić information content (AvgIpc) is 3.20. The van der Waals surface area contributed by atoms with E-state index in [0.29, 0.717) is 6.54 Å². The van der Waals surface area contributed by atoms with Crippen LogP contribution in [0.1, 0.15) is 16.8 Å². The quantitative estimate of drug-likeness (QED) is 0.640. The molecule has 0 bridgehead atoms. The van der Waals surface area contributed by atoms with Crippen LogP contribution in [0.4, 0.5) is 0 Å². The van der Waals surface area contributed by atoms with Crippen molar-refractivity contribution in [2.45, 2.75) is 13.5 Å². The van der Waals surface area contributed by atoms with Crippen molar-refractivity contribution in [2.75, 3.05) is 14.2 Å². The van der Waals surface area contributed by atoms with E-state index in [1.807, 2.05) is 61.7 Å². The molecule has 3 rings (SSSR count). The van der Waals surface area contributed by atoms with Gasteiger partial charge in [-0.2, -0.15) is 5.10 Å². The summed E-state index contributed by atoms with van der Waals surface area (Å²) in [6.07, 6.45) is 5.10. The van der Waals surface area contributed by atoms with Gasteiger partial charge in [0, 0.05) is 17.8 Å². The average molecular weight is 377 g/mol. The van der Waals surface area contributed by atoms with Gasteiger partial charge in [-0.15, -0.1) is 0 Å². The fourth-order valence-electron chi connectivity index (χ4n) is 2.72. The Bertz CT molecular complexity index is 975. The molecular formula is C22H23N3O3. The number of ether oxygens (including phenoxy) is 2. The van der Waals surface area contributed by atoms with Crippen LogP contribution in [0.3, 0.4) is 0 Å². The minimum absolute atomic E-state index is 0.192. The van der Waals surface area contributed by atoms with Crippen molar-refractivity contribution in [3.63, 3.8) is 0 Å². The van der Waals surface area contributed by atoms with Crippen molar-refractivity contribution in [3.05, 3.63) is 77.6 Å². The second-order valence-corrected chi connectivity index (χ2v) is 6.25. The molecule has 6 heteroatoms. The van der Waals surface area contributed by atoms with Crippen LogP contribution in [0.25, 0.3) is 11.8 Å². The van der Waals surface area contributed by atoms with Crippen LogP contribution in [-0.2, 0) is 11.3 Å². The lowest BCUT2D eigenvalue weighted by Crippen LogP contribution is -2.20. The molecule has 1 N–H and O–H groups in total. The number of methoxy groups -OCH3 is 2. The lowest BCUT2D eigenvalue weighted by molar-refractivity contribution is -0.116. The molecule has 3 aromatic rings. The van der Waals surface area contributed by atoms with Gasteiger partial charge in [-0.3, -0.25) is 4.79 Å². The van der Waals surface area contributed by atoms with Crippen LogP contribution in [0.15, 0.2) is 60.8 Å². The molecule has 2 aromatic carbocycles. The largest absolute Gasteiger partial charge is 0.497 e. The van der Waals surface area contributed by atoms with Gasteiger partial charge < -0.3 is 14.8 Å². The number of aryl methyl sites for hydroxylation is 1. The number of hydrogen-bond acceptors (Lipinski definition) is 4. The first-order valence-corrected chi connectivity index (χ1v) is 8.88. The van der Waals surface area contributed by atoms with Gasteiger partial charge in [0.15, 0.2) is 0 Å². The molecule has 0 fully saturated rings. The normalized spacial score (nSPS) is 10.8. The molecule has 0 aliphatic heterocycles. The third-order valence-electron chi connectivity index (χ3n) is 4.22. The lowest BCUT2D eigenvalue weighted by Gasteiger charge is -2.05. The summed E-state index contributed by atoms with van der Waals surface area (Å²) in [5.41, 5.74) is 3.65. The Hall–Kier alpha value is -3.54. The van der Waals surface area contributed by atoms with Crippen molar-refractivity contribution in [1.82, 2.24) is 15.1 Å². The summed E-state index contributed by atoms with van der Waals surface area (Å²) in [5, 5.41) is 7.32. The summed E-state index contributed by atoms with van der Waals surface area (Å²) in [6.45, 7) is 2.34. The maximum absolute atomic E-state index is 12.1. The van der Waals surface area contributed by atoms with E-state index in [-0.39, 0.29) is 5.91 Å². The molecule has 0 aliphatic carbocycles. The number of nitrogens with zero attached hydrogens (tertiary/aromatic N) is 2. The summed E-state index contributed by atoms with van der Waals surface area (Å²) in [5.74, 6) is 1.33. The van der Waals surface area contributed by atoms with Crippen molar-refractivity contribution in [1.29, 1.82) is 0 Å². The molecule has 0 atom stereocenters. The predicted molar refractivity (Wildman–Crippen MR) is 109 cm³/mol. The van der Waals surface area contributed by atoms with Crippen LogP contribution >= 0.6 is 0 Å². The van der Waals surface area contributed by atoms with Crippen LogP contribution in [0.5, 0.6) is 11.5 Å². The number of nitrogens with one attached hydrogen (secondary N) is 1. The fraction of sp³-hybridized carbons (Fsp3) is 0.182. The number of amides is 1. The van der Waals surface area contributed by atoms with Gasteiger partial charge in [0.1, 0.15) is 11.5 Å². The molecule has 28 heavy (non-hydrogen) atoms. The summed E-state index contributed by atoms with van der Waals surface area (Å²) >= 11 is 0.